The van der Waals surface area contributed by atoms with Gasteiger partial charge in [0.2, 0.25) is 10.0 Å². The summed E-state index contributed by atoms with van der Waals surface area (Å²) in [5, 5.41) is 6.02. The van der Waals surface area contributed by atoms with Gasteiger partial charge in [0.25, 0.3) is 0 Å². The van der Waals surface area contributed by atoms with Crippen LogP contribution in [0.2, 0.25) is 0 Å². The van der Waals surface area contributed by atoms with Gasteiger partial charge in [-0.15, -0.1) is 0 Å². The summed E-state index contributed by atoms with van der Waals surface area (Å²) in [5.41, 5.74) is 1.77. The molecule has 0 saturated heterocycles. The standard InChI is InChI=1S/C21H20N4O2S/c1-16(17-7-10-20(11-8-17)25-15-22-14-23-25)24(2)28(26,27)21-12-9-18-5-3-4-6-19(18)13-21/h3-16H,1-2H3/t16-/m0/s1. The maximum Gasteiger partial charge on any atom is 0.243 e. The van der Waals surface area contributed by atoms with Crippen molar-refractivity contribution >= 4 is 20.8 Å². The molecule has 28 heavy (non-hydrogen) atoms. The van der Waals surface area contributed by atoms with Gasteiger partial charge in [0.05, 0.1) is 10.6 Å². The van der Waals surface area contributed by atoms with Gasteiger partial charge >= 0.3 is 0 Å². The molecule has 0 N–H and O–H groups in total. The molecule has 0 aliphatic rings. The lowest BCUT2D eigenvalue weighted by molar-refractivity contribution is 0.398. The molecular weight excluding hydrogens is 372 g/mol. The Hall–Kier alpha value is -3.03. The number of sulfonamides is 1. The van der Waals surface area contributed by atoms with Crippen LogP contribution in [-0.4, -0.2) is 34.5 Å². The van der Waals surface area contributed by atoms with Gasteiger partial charge in [-0.2, -0.15) is 9.40 Å². The Kier molecular flexibility index (Phi) is 4.70. The molecule has 7 heteroatoms. The minimum Gasteiger partial charge on any atom is -0.223 e. The molecule has 0 saturated carbocycles. The second-order valence-electron chi connectivity index (χ2n) is 6.64. The van der Waals surface area contributed by atoms with Crippen LogP contribution in [0, 0.1) is 0 Å². The summed E-state index contributed by atoms with van der Waals surface area (Å²) in [6, 6.07) is 20.3. The largest absolute Gasteiger partial charge is 0.243 e. The van der Waals surface area contributed by atoms with E-state index in [0.717, 1.165) is 22.0 Å². The molecule has 0 aliphatic heterocycles. The van der Waals surface area contributed by atoms with Gasteiger partial charge in [-0.1, -0.05) is 42.5 Å². The second-order valence-corrected chi connectivity index (χ2v) is 8.64. The number of nitrogens with zero attached hydrogens (tertiary/aromatic N) is 4. The van der Waals surface area contributed by atoms with Crippen molar-refractivity contribution < 1.29 is 8.42 Å². The lowest BCUT2D eigenvalue weighted by atomic mass is 10.1. The first-order valence-corrected chi connectivity index (χ1v) is 10.3. The van der Waals surface area contributed by atoms with Crippen molar-refractivity contribution in [2.75, 3.05) is 7.05 Å². The van der Waals surface area contributed by atoms with Crippen molar-refractivity contribution in [1.29, 1.82) is 0 Å². The van der Waals surface area contributed by atoms with E-state index in [1.54, 1.807) is 30.2 Å². The molecule has 6 nitrogen and oxygen atoms in total. The molecular formula is C21H20N4O2S. The summed E-state index contributed by atoms with van der Waals surface area (Å²) in [6.45, 7) is 1.88. The van der Waals surface area contributed by atoms with Gasteiger partial charge in [-0.3, -0.25) is 0 Å². The molecule has 0 unspecified atom stereocenters. The van der Waals surface area contributed by atoms with Crippen molar-refractivity contribution in [3.8, 4) is 5.69 Å². The van der Waals surface area contributed by atoms with Crippen LogP contribution in [0.15, 0.2) is 84.3 Å². The molecule has 0 spiro atoms. The first kappa shape index (κ1) is 18.3. The minimum absolute atomic E-state index is 0.291. The lowest BCUT2D eigenvalue weighted by Gasteiger charge is -2.25. The Labute approximate surface area is 164 Å². The average molecular weight is 392 g/mol. The van der Waals surface area contributed by atoms with E-state index >= 15 is 0 Å². The zero-order valence-corrected chi connectivity index (χ0v) is 16.4. The Bertz CT molecular complexity index is 1200. The highest BCUT2D eigenvalue weighted by atomic mass is 32.2. The van der Waals surface area contributed by atoms with Crippen LogP contribution in [0.3, 0.4) is 0 Å². The number of aromatic nitrogens is 3. The fraction of sp³-hybridized carbons (Fsp3) is 0.143. The molecule has 0 radical (unpaired) electrons. The fourth-order valence-corrected chi connectivity index (χ4v) is 4.55. The van der Waals surface area contributed by atoms with Gasteiger partial charge in [0, 0.05) is 13.1 Å². The van der Waals surface area contributed by atoms with E-state index in [9.17, 15) is 8.42 Å². The van der Waals surface area contributed by atoms with Crippen molar-refractivity contribution in [2.45, 2.75) is 17.9 Å². The summed E-state index contributed by atoms with van der Waals surface area (Å²) in [5.74, 6) is 0. The van der Waals surface area contributed by atoms with Crippen molar-refractivity contribution in [3.63, 3.8) is 0 Å². The van der Waals surface area contributed by atoms with Crippen LogP contribution in [-0.2, 0) is 10.0 Å². The number of fused-ring (bicyclic) bond motifs is 1. The van der Waals surface area contributed by atoms with Gasteiger partial charge in [-0.25, -0.2) is 18.1 Å². The van der Waals surface area contributed by atoms with Crippen LogP contribution < -0.4 is 0 Å². The summed E-state index contributed by atoms with van der Waals surface area (Å²) in [7, 11) is -2.01. The maximum atomic E-state index is 13.1. The van der Waals surface area contributed by atoms with E-state index in [0.29, 0.717) is 4.90 Å². The van der Waals surface area contributed by atoms with Crippen molar-refractivity contribution in [1.82, 2.24) is 19.1 Å². The third-order valence-corrected chi connectivity index (χ3v) is 6.93. The number of rotatable bonds is 5. The normalized spacial score (nSPS) is 13.1. The molecule has 0 fully saturated rings. The van der Waals surface area contributed by atoms with E-state index < -0.39 is 10.0 Å². The van der Waals surface area contributed by atoms with E-state index in [1.165, 1.54) is 10.6 Å². The molecule has 1 atom stereocenters. The van der Waals surface area contributed by atoms with E-state index in [2.05, 4.69) is 10.1 Å². The van der Waals surface area contributed by atoms with Crippen molar-refractivity contribution in [2.24, 2.45) is 0 Å². The van der Waals surface area contributed by atoms with Gasteiger partial charge < -0.3 is 0 Å². The summed E-state index contributed by atoms with van der Waals surface area (Å²) < 4.78 is 29.4. The third kappa shape index (κ3) is 3.30. The highest BCUT2D eigenvalue weighted by Crippen LogP contribution is 2.28. The maximum absolute atomic E-state index is 13.1. The number of benzene rings is 3. The molecule has 0 aliphatic carbocycles. The average Bonchev–Trinajstić information content (AvgIpc) is 3.27. The summed E-state index contributed by atoms with van der Waals surface area (Å²) in [6.07, 6.45) is 3.09. The SMILES string of the molecule is C[C@@H](c1ccc(-n2cncn2)cc1)N(C)S(=O)(=O)c1ccc2ccccc2c1. The molecule has 142 valence electrons. The molecule has 4 rings (SSSR count). The topological polar surface area (TPSA) is 68.1 Å². The van der Waals surface area contributed by atoms with Crippen LogP contribution in [0.25, 0.3) is 16.5 Å². The Balaban J connectivity index is 1.62. The van der Waals surface area contributed by atoms with E-state index in [1.807, 2.05) is 61.5 Å². The highest BCUT2D eigenvalue weighted by Gasteiger charge is 2.26. The molecule has 0 bridgehead atoms. The van der Waals surface area contributed by atoms with Gasteiger partial charge in [0.1, 0.15) is 12.7 Å². The van der Waals surface area contributed by atoms with Crippen LogP contribution in [0.1, 0.15) is 18.5 Å². The monoisotopic (exact) mass is 392 g/mol. The van der Waals surface area contributed by atoms with E-state index in [-0.39, 0.29) is 6.04 Å². The Morgan fingerprint density at radius 2 is 1.68 bits per heavy atom. The zero-order valence-electron chi connectivity index (χ0n) is 15.6. The number of hydrogen-bond acceptors (Lipinski definition) is 4. The molecule has 4 aromatic rings. The van der Waals surface area contributed by atoms with Crippen LogP contribution in [0.4, 0.5) is 0 Å². The van der Waals surface area contributed by atoms with Crippen molar-refractivity contribution in [3.05, 3.63) is 84.9 Å². The molecule has 1 heterocycles. The molecule has 1 aromatic heterocycles. The van der Waals surface area contributed by atoms with E-state index in [4.69, 9.17) is 0 Å². The zero-order chi connectivity index (χ0) is 19.7. The third-order valence-electron chi connectivity index (χ3n) is 5.00. The van der Waals surface area contributed by atoms with Gasteiger partial charge in [-0.05, 0) is 47.5 Å². The fourth-order valence-electron chi connectivity index (χ4n) is 3.16. The smallest absolute Gasteiger partial charge is 0.223 e. The second kappa shape index (κ2) is 7.18. The van der Waals surface area contributed by atoms with Crippen LogP contribution >= 0.6 is 0 Å². The molecule has 3 aromatic carbocycles. The minimum atomic E-state index is -3.63. The Morgan fingerprint density at radius 1 is 0.964 bits per heavy atom. The Morgan fingerprint density at radius 3 is 2.36 bits per heavy atom. The first-order valence-electron chi connectivity index (χ1n) is 8.88. The summed E-state index contributed by atoms with van der Waals surface area (Å²) in [4.78, 5) is 4.23. The summed E-state index contributed by atoms with van der Waals surface area (Å²) >= 11 is 0. The predicted molar refractivity (Wildman–Crippen MR) is 109 cm³/mol. The quantitative estimate of drug-likeness (QED) is 0.518. The van der Waals surface area contributed by atoms with Crippen LogP contribution in [0.5, 0.6) is 0 Å². The first-order chi connectivity index (χ1) is 13.5. The highest BCUT2D eigenvalue weighted by molar-refractivity contribution is 7.89. The predicted octanol–water partition coefficient (Wildman–Crippen LogP) is 3.80. The van der Waals surface area contributed by atoms with Gasteiger partial charge in [0.15, 0.2) is 0 Å². The number of hydrogen-bond donors (Lipinski definition) is 0. The lowest BCUT2D eigenvalue weighted by Crippen LogP contribution is -2.29. The molecule has 0 amide bonds.